The molecule has 0 heterocycles. The summed E-state index contributed by atoms with van der Waals surface area (Å²) in [4.78, 5) is 0. The molecule has 5 atom stereocenters. The Hall–Kier alpha value is -0.550. The van der Waals surface area contributed by atoms with E-state index in [1.54, 1.807) is 0 Å². The number of nitrogens with zero attached hydrogens (tertiary/aromatic N) is 1. The Bertz CT molecular complexity index is 411. The van der Waals surface area contributed by atoms with Gasteiger partial charge in [0.05, 0.1) is 6.07 Å². The SMILES string of the molecule is CCCCCC(CCC)C[C@@H](C)C(CC#N)[C@H](CC)C(CCCCN)CCC(C)C. The molecule has 0 spiro atoms. The molecular weight excluding hydrogens is 364 g/mol. The first-order valence-electron chi connectivity index (χ1n) is 13.5. The van der Waals surface area contributed by atoms with E-state index in [0.29, 0.717) is 17.8 Å². The molecule has 2 N–H and O–H groups in total. The van der Waals surface area contributed by atoms with Gasteiger partial charge in [-0.2, -0.15) is 5.26 Å². The van der Waals surface area contributed by atoms with E-state index >= 15 is 0 Å². The molecule has 0 aliphatic carbocycles. The zero-order valence-electron chi connectivity index (χ0n) is 21.6. The van der Waals surface area contributed by atoms with Crippen LogP contribution in [0.2, 0.25) is 0 Å². The third kappa shape index (κ3) is 13.0. The van der Waals surface area contributed by atoms with Crippen LogP contribution >= 0.6 is 0 Å². The quantitative estimate of drug-likeness (QED) is 0.200. The van der Waals surface area contributed by atoms with E-state index in [1.165, 1.54) is 77.0 Å². The Balaban J connectivity index is 5.31. The van der Waals surface area contributed by atoms with Crippen molar-refractivity contribution in [2.24, 2.45) is 41.2 Å². The lowest BCUT2D eigenvalue weighted by Gasteiger charge is -2.37. The minimum Gasteiger partial charge on any atom is -0.330 e. The lowest BCUT2D eigenvalue weighted by atomic mass is 9.67. The molecule has 0 saturated heterocycles. The van der Waals surface area contributed by atoms with Gasteiger partial charge in [-0.1, -0.05) is 106 Å². The summed E-state index contributed by atoms with van der Waals surface area (Å²) in [6.45, 7) is 15.0. The molecule has 2 nitrogen and oxygen atoms in total. The third-order valence-corrected chi connectivity index (χ3v) is 7.45. The van der Waals surface area contributed by atoms with Crippen molar-refractivity contribution < 1.29 is 0 Å². The van der Waals surface area contributed by atoms with Crippen LogP contribution in [0.4, 0.5) is 0 Å². The largest absolute Gasteiger partial charge is 0.330 e. The minimum absolute atomic E-state index is 0.556. The molecule has 0 aliphatic rings. The summed E-state index contributed by atoms with van der Waals surface area (Å²) in [5.41, 5.74) is 5.79. The zero-order valence-corrected chi connectivity index (χ0v) is 21.6. The van der Waals surface area contributed by atoms with Gasteiger partial charge in [0.25, 0.3) is 0 Å². The normalized spacial score (nSPS) is 16.8. The number of rotatable bonds is 20. The molecule has 0 bridgehead atoms. The van der Waals surface area contributed by atoms with Gasteiger partial charge < -0.3 is 5.73 Å². The van der Waals surface area contributed by atoms with Crippen LogP contribution in [0, 0.1) is 46.8 Å². The van der Waals surface area contributed by atoms with Crippen LogP contribution in [0.1, 0.15) is 131 Å². The summed E-state index contributed by atoms with van der Waals surface area (Å²) in [7, 11) is 0. The molecule has 0 rings (SSSR count). The Morgan fingerprint density at radius 1 is 0.767 bits per heavy atom. The van der Waals surface area contributed by atoms with Gasteiger partial charge in [-0.05, 0) is 61.3 Å². The highest BCUT2D eigenvalue weighted by molar-refractivity contribution is 4.87. The highest BCUT2D eigenvalue weighted by atomic mass is 14.5. The first-order valence-corrected chi connectivity index (χ1v) is 13.5. The predicted molar refractivity (Wildman–Crippen MR) is 134 cm³/mol. The van der Waals surface area contributed by atoms with Crippen LogP contribution < -0.4 is 5.73 Å². The summed E-state index contributed by atoms with van der Waals surface area (Å²) in [5, 5.41) is 9.69. The maximum Gasteiger partial charge on any atom is 0.0624 e. The summed E-state index contributed by atoms with van der Waals surface area (Å²) in [6, 6.07) is 2.59. The van der Waals surface area contributed by atoms with Gasteiger partial charge in [0.2, 0.25) is 0 Å². The van der Waals surface area contributed by atoms with Crippen LogP contribution in [0.5, 0.6) is 0 Å². The molecule has 0 amide bonds. The predicted octanol–water partition coefficient (Wildman–Crippen LogP) is 8.75. The first kappa shape index (κ1) is 29.5. The Labute approximate surface area is 190 Å². The Morgan fingerprint density at radius 2 is 1.47 bits per heavy atom. The molecule has 0 saturated carbocycles. The van der Waals surface area contributed by atoms with Gasteiger partial charge in [-0.15, -0.1) is 0 Å². The average Bonchev–Trinajstić information content (AvgIpc) is 2.71. The van der Waals surface area contributed by atoms with Crippen molar-refractivity contribution >= 4 is 0 Å². The molecule has 0 aromatic carbocycles. The van der Waals surface area contributed by atoms with Crippen molar-refractivity contribution in [1.29, 1.82) is 5.26 Å². The number of nitrogens with two attached hydrogens (primary N) is 1. The smallest absolute Gasteiger partial charge is 0.0624 e. The van der Waals surface area contributed by atoms with Crippen LogP contribution in [0.15, 0.2) is 0 Å². The molecule has 2 heteroatoms. The molecule has 0 fully saturated rings. The minimum atomic E-state index is 0.556. The summed E-state index contributed by atoms with van der Waals surface area (Å²) >= 11 is 0. The second kappa shape index (κ2) is 19.2. The van der Waals surface area contributed by atoms with Gasteiger partial charge in [-0.3, -0.25) is 0 Å². The lowest BCUT2D eigenvalue weighted by molar-refractivity contribution is 0.126. The monoisotopic (exact) mass is 420 g/mol. The highest BCUT2D eigenvalue weighted by Gasteiger charge is 2.32. The highest BCUT2D eigenvalue weighted by Crippen LogP contribution is 2.40. The second-order valence-electron chi connectivity index (χ2n) is 10.5. The van der Waals surface area contributed by atoms with Gasteiger partial charge in [0.1, 0.15) is 0 Å². The molecule has 0 aromatic heterocycles. The molecule has 3 unspecified atom stereocenters. The molecule has 178 valence electrons. The molecule has 0 radical (unpaired) electrons. The molecule has 30 heavy (non-hydrogen) atoms. The third-order valence-electron chi connectivity index (χ3n) is 7.45. The van der Waals surface area contributed by atoms with E-state index in [9.17, 15) is 5.26 Å². The van der Waals surface area contributed by atoms with Crippen LogP contribution in [-0.2, 0) is 0 Å². The standard InChI is InChI=1S/C28H56N2/c1-7-10-11-15-25(14-8-2)22-24(6)28(19-21-30)27(9-3)26(16-12-13-20-29)18-17-23(4)5/h23-28H,7-20,22,29H2,1-6H3/t24-,25?,26?,27-,28?/m1/s1. The number of nitriles is 1. The van der Waals surface area contributed by atoms with Gasteiger partial charge in [-0.25, -0.2) is 0 Å². The fraction of sp³-hybridized carbons (Fsp3) is 0.964. The maximum absolute atomic E-state index is 9.69. The van der Waals surface area contributed by atoms with Gasteiger partial charge in [0.15, 0.2) is 0 Å². The van der Waals surface area contributed by atoms with Crippen molar-refractivity contribution in [3.63, 3.8) is 0 Å². The topological polar surface area (TPSA) is 49.8 Å². The van der Waals surface area contributed by atoms with E-state index in [2.05, 4.69) is 47.6 Å². The summed E-state index contributed by atoms with van der Waals surface area (Å²) in [5.74, 6) is 4.27. The number of hydrogen-bond donors (Lipinski definition) is 1. The fourth-order valence-electron chi connectivity index (χ4n) is 5.71. The van der Waals surface area contributed by atoms with E-state index < -0.39 is 0 Å². The van der Waals surface area contributed by atoms with Gasteiger partial charge >= 0.3 is 0 Å². The summed E-state index contributed by atoms with van der Waals surface area (Å²) < 4.78 is 0. The van der Waals surface area contributed by atoms with Crippen molar-refractivity contribution in [2.75, 3.05) is 6.54 Å². The lowest BCUT2D eigenvalue weighted by Crippen LogP contribution is -2.29. The van der Waals surface area contributed by atoms with Crippen molar-refractivity contribution in [3.8, 4) is 6.07 Å². The number of unbranched alkanes of at least 4 members (excludes halogenated alkanes) is 3. The van der Waals surface area contributed by atoms with E-state index in [0.717, 1.165) is 37.1 Å². The maximum atomic E-state index is 9.69. The van der Waals surface area contributed by atoms with Crippen LogP contribution in [-0.4, -0.2) is 6.54 Å². The van der Waals surface area contributed by atoms with Crippen LogP contribution in [0.25, 0.3) is 0 Å². The molecule has 0 aromatic rings. The fourth-order valence-corrected chi connectivity index (χ4v) is 5.71. The van der Waals surface area contributed by atoms with Crippen molar-refractivity contribution in [2.45, 2.75) is 131 Å². The Kier molecular flexibility index (Phi) is 18.8. The number of hydrogen-bond acceptors (Lipinski definition) is 2. The molecular formula is C28H56N2. The van der Waals surface area contributed by atoms with E-state index in [4.69, 9.17) is 5.73 Å². The van der Waals surface area contributed by atoms with Gasteiger partial charge in [0, 0.05) is 6.42 Å². The van der Waals surface area contributed by atoms with E-state index in [-0.39, 0.29) is 0 Å². The first-order chi connectivity index (χ1) is 14.4. The summed E-state index contributed by atoms with van der Waals surface area (Å²) in [6.07, 6.45) is 17.7. The van der Waals surface area contributed by atoms with E-state index in [1.807, 2.05) is 0 Å². The average molecular weight is 421 g/mol. The second-order valence-corrected chi connectivity index (χ2v) is 10.5. The molecule has 0 aliphatic heterocycles. The Morgan fingerprint density at radius 3 is 2.00 bits per heavy atom. The van der Waals surface area contributed by atoms with Crippen molar-refractivity contribution in [3.05, 3.63) is 0 Å². The zero-order chi connectivity index (χ0) is 22.8. The van der Waals surface area contributed by atoms with Crippen LogP contribution in [0.3, 0.4) is 0 Å². The van der Waals surface area contributed by atoms with Crippen molar-refractivity contribution in [1.82, 2.24) is 0 Å².